The number of halogens is 3. The van der Waals surface area contributed by atoms with Gasteiger partial charge >= 0.3 is 0 Å². The lowest BCUT2D eigenvalue weighted by molar-refractivity contribution is 0.478. The lowest BCUT2D eigenvalue weighted by Crippen LogP contribution is -2.31. The molecule has 1 N–H and O–H groups in total. The minimum absolute atomic E-state index is 0.0579. The first-order chi connectivity index (χ1) is 8.88. The highest BCUT2D eigenvalue weighted by atomic mass is 79.9. The average molecular weight is 415 g/mol. The van der Waals surface area contributed by atoms with Crippen LogP contribution in [-0.4, -0.2) is 20.3 Å². The molecule has 2 rings (SSSR count). The van der Waals surface area contributed by atoms with E-state index in [-0.39, 0.29) is 10.3 Å². The Hall–Kier alpha value is 0.0200. The quantitative estimate of drug-likeness (QED) is 0.724. The predicted molar refractivity (Wildman–Crippen MR) is 79.4 cm³/mol. The van der Waals surface area contributed by atoms with E-state index in [1.807, 2.05) is 0 Å². The Kier molecular flexibility index (Phi) is 4.70. The zero-order chi connectivity index (χ0) is 14.1. The molecule has 1 aliphatic carbocycles. The molecule has 0 aromatic heterocycles. The van der Waals surface area contributed by atoms with Gasteiger partial charge in [-0.2, -0.15) is 0 Å². The van der Waals surface area contributed by atoms with E-state index in [4.69, 9.17) is 0 Å². The van der Waals surface area contributed by atoms with Gasteiger partial charge in [0, 0.05) is 16.3 Å². The van der Waals surface area contributed by atoms with E-state index in [0.29, 0.717) is 11.0 Å². The summed E-state index contributed by atoms with van der Waals surface area (Å²) in [7, 11) is -3.78. The van der Waals surface area contributed by atoms with Crippen molar-refractivity contribution in [1.29, 1.82) is 0 Å². The molecule has 0 heterocycles. The molecule has 0 spiro atoms. The number of sulfonamides is 1. The molecule has 1 aromatic carbocycles. The van der Waals surface area contributed by atoms with Crippen molar-refractivity contribution in [3.63, 3.8) is 0 Å². The molecule has 1 aromatic rings. The van der Waals surface area contributed by atoms with Crippen LogP contribution in [0.5, 0.6) is 0 Å². The summed E-state index contributed by atoms with van der Waals surface area (Å²) in [6, 6.07) is 3.94. The monoisotopic (exact) mass is 413 g/mol. The maximum absolute atomic E-state index is 13.7. The molecule has 3 nitrogen and oxygen atoms in total. The van der Waals surface area contributed by atoms with Crippen LogP contribution < -0.4 is 4.72 Å². The molecule has 0 unspecified atom stereocenters. The maximum atomic E-state index is 13.7. The molecule has 7 heteroatoms. The second-order valence-corrected chi connectivity index (χ2v) is 8.28. The molecule has 0 radical (unpaired) electrons. The zero-order valence-corrected chi connectivity index (χ0v) is 14.1. The number of hydrogen-bond acceptors (Lipinski definition) is 2. The van der Waals surface area contributed by atoms with Crippen LogP contribution in [0, 0.1) is 11.2 Å². The largest absolute Gasteiger partial charge is 0.243 e. The summed E-state index contributed by atoms with van der Waals surface area (Å²) in [5, 5.41) is 0.849. The third kappa shape index (κ3) is 3.77. The van der Waals surface area contributed by atoms with Crippen molar-refractivity contribution in [2.45, 2.75) is 24.2 Å². The van der Waals surface area contributed by atoms with Crippen LogP contribution in [0.1, 0.15) is 19.3 Å². The molecular formula is C12H14Br2FNO2S. The Morgan fingerprint density at radius 3 is 2.58 bits per heavy atom. The Morgan fingerprint density at radius 1 is 1.37 bits per heavy atom. The first kappa shape index (κ1) is 15.4. The second kappa shape index (κ2) is 5.79. The summed E-state index contributed by atoms with van der Waals surface area (Å²) in [5.41, 5.74) is 0.0579. The fourth-order valence-corrected chi connectivity index (χ4v) is 4.30. The van der Waals surface area contributed by atoms with Gasteiger partial charge in [-0.25, -0.2) is 17.5 Å². The van der Waals surface area contributed by atoms with Gasteiger partial charge in [-0.1, -0.05) is 31.9 Å². The van der Waals surface area contributed by atoms with E-state index < -0.39 is 15.8 Å². The standard InChI is InChI=1S/C12H14Br2FNO2S/c13-6-5-12(3-4-12)8-16-19(17,18)11-2-1-9(14)7-10(11)15/h1-2,7,16H,3-6,8H2. The van der Waals surface area contributed by atoms with Crippen LogP contribution in [-0.2, 0) is 10.0 Å². The summed E-state index contributed by atoms with van der Waals surface area (Å²) in [4.78, 5) is -0.301. The Labute approximate surface area is 129 Å². The summed E-state index contributed by atoms with van der Waals surface area (Å²) >= 11 is 6.47. The molecule has 0 aliphatic heterocycles. The zero-order valence-electron chi connectivity index (χ0n) is 10.1. The fraction of sp³-hybridized carbons (Fsp3) is 0.500. The lowest BCUT2D eigenvalue weighted by atomic mass is 10.1. The van der Waals surface area contributed by atoms with E-state index in [9.17, 15) is 12.8 Å². The topological polar surface area (TPSA) is 46.2 Å². The minimum Gasteiger partial charge on any atom is -0.211 e. The second-order valence-electron chi connectivity index (χ2n) is 4.84. The van der Waals surface area contributed by atoms with Crippen LogP contribution in [0.15, 0.2) is 27.6 Å². The molecule has 1 saturated carbocycles. The minimum atomic E-state index is -3.78. The lowest BCUT2D eigenvalue weighted by Gasteiger charge is -2.15. The molecule has 0 saturated heterocycles. The van der Waals surface area contributed by atoms with Crippen LogP contribution >= 0.6 is 31.9 Å². The smallest absolute Gasteiger partial charge is 0.211 e. The summed E-state index contributed by atoms with van der Waals surface area (Å²) < 4.78 is 40.8. The van der Waals surface area contributed by atoms with Gasteiger partial charge in [0.15, 0.2) is 0 Å². The van der Waals surface area contributed by atoms with Crippen LogP contribution in [0.3, 0.4) is 0 Å². The normalized spacial score (nSPS) is 17.4. The third-order valence-corrected chi connectivity index (χ3v) is 5.73. The van der Waals surface area contributed by atoms with E-state index in [1.54, 1.807) is 0 Å². The molecule has 1 fully saturated rings. The van der Waals surface area contributed by atoms with Crippen LogP contribution in [0.2, 0.25) is 0 Å². The highest BCUT2D eigenvalue weighted by Gasteiger charge is 2.42. The van der Waals surface area contributed by atoms with Gasteiger partial charge in [0.1, 0.15) is 10.7 Å². The molecule has 0 atom stereocenters. The van der Waals surface area contributed by atoms with Crippen molar-refractivity contribution in [1.82, 2.24) is 4.72 Å². The Bertz CT molecular complexity index is 573. The number of alkyl halides is 1. The van der Waals surface area contributed by atoms with Gasteiger partial charge < -0.3 is 0 Å². The van der Waals surface area contributed by atoms with Gasteiger partial charge in [0.25, 0.3) is 0 Å². The molecule has 0 amide bonds. The molecule has 0 bridgehead atoms. The van der Waals surface area contributed by atoms with Gasteiger partial charge in [-0.05, 0) is 42.9 Å². The molecule has 19 heavy (non-hydrogen) atoms. The number of nitrogens with one attached hydrogen (secondary N) is 1. The van der Waals surface area contributed by atoms with Crippen molar-refractivity contribution >= 4 is 41.9 Å². The summed E-state index contributed by atoms with van der Waals surface area (Å²) in [6.45, 7) is 0.371. The van der Waals surface area contributed by atoms with E-state index in [1.165, 1.54) is 12.1 Å². The molecule has 106 valence electrons. The van der Waals surface area contributed by atoms with Gasteiger partial charge in [0.2, 0.25) is 10.0 Å². The molecule has 1 aliphatic rings. The van der Waals surface area contributed by atoms with Gasteiger partial charge in [0.05, 0.1) is 0 Å². The fourth-order valence-electron chi connectivity index (χ4n) is 1.91. The summed E-state index contributed by atoms with van der Waals surface area (Å²) in [5.74, 6) is -0.743. The van der Waals surface area contributed by atoms with E-state index in [0.717, 1.165) is 30.7 Å². The van der Waals surface area contributed by atoms with Crippen LogP contribution in [0.4, 0.5) is 4.39 Å². The highest BCUT2D eigenvalue weighted by molar-refractivity contribution is 9.10. The number of benzene rings is 1. The molecular weight excluding hydrogens is 401 g/mol. The van der Waals surface area contributed by atoms with Crippen molar-refractivity contribution in [3.8, 4) is 0 Å². The maximum Gasteiger partial charge on any atom is 0.243 e. The SMILES string of the molecule is O=S(=O)(NCC1(CCBr)CC1)c1ccc(Br)cc1F. The van der Waals surface area contributed by atoms with Crippen molar-refractivity contribution in [3.05, 3.63) is 28.5 Å². The van der Waals surface area contributed by atoms with Gasteiger partial charge in [-0.3, -0.25) is 0 Å². The number of rotatable bonds is 6. The summed E-state index contributed by atoms with van der Waals surface area (Å²) in [6.07, 6.45) is 2.96. The first-order valence-electron chi connectivity index (χ1n) is 5.89. The average Bonchev–Trinajstić information content (AvgIpc) is 3.07. The predicted octanol–water partition coefficient (Wildman–Crippen LogP) is 3.43. The van der Waals surface area contributed by atoms with Crippen molar-refractivity contribution in [2.24, 2.45) is 5.41 Å². The van der Waals surface area contributed by atoms with E-state index in [2.05, 4.69) is 36.6 Å². The Balaban J connectivity index is 2.10. The number of hydrogen-bond donors (Lipinski definition) is 1. The van der Waals surface area contributed by atoms with Crippen molar-refractivity contribution in [2.75, 3.05) is 11.9 Å². The van der Waals surface area contributed by atoms with Crippen LogP contribution in [0.25, 0.3) is 0 Å². The highest BCUT2D eigenvalue weighted by Crippen LogP contribution is 2.48. The van der Waals surface area contributed by atoms with E-state index >= 15 is 0 Å². The van der Waals surface area contributed by atoms with Crippen molar-refractivity contribution < 1.29 is 12.8 Å². The van der Waals surface area contributed by atoms with Gasteiger partial charge in [-0.15, -0.1) is 0 Å². The first-order valence-corrected chi connectivity index (χ1v) is 9.29. The third-order valence-electron chi connectivity index (χ3n) is 3.40. The Morgan fingerprint density at radius 2 is 2.05 bits per heavy atom.